The van der Waals surface area contributed by atoms with E-state index in [2.05, 4.69) is 10.3 Å². The minimum absolute atomic E-state index is 0.423. The van der Waals surface area contributed by atoms with Crippen molar-refractivity contribution in [3.63, 3.8) is 0 Å². The summed E-state index contributed by atoms with van der Waals surface area (Å²) in [4.78, 5) is 30.1. The third-order valence-corrected chi connectivity index (χ3v) is 5.24. The van der Waals surface area contributed by atoms with Gasteiger partial charge >= 0.3 is 5.97 Å². The average Bonchev–Trinajstić information content (AvgIpc) is 3.15. The Morgan fingerprint density at radius 3 is 2.68 bits per heavy atom. The van der Waals surface area contributed by atoms with E-state index in [4.69, 9.17) is 16.3 Å². The summed E-state index contributed by atoms with van der Waals surface area (Å²) in [5, 5.41) is 3.88. The van der Waals surface area contributed by atoms with Gasteiger partial charge in [-0.25, -0.2) is 4.79 Å². The van der Waals surface area contributed by atoms with Gasteiger partial charge in [-0.05, 0) is 49.9 Å². The summed E-state index contributed by atoms with van der Waals surface area (Å²) in [6, 6.07) is 14.4. The summed E-state index contributed by atoms with van der Waals surface area (Å²) in [6.07, 6.45) is 1.63. The Labute approximate surface area is 167 Å². The van der Waals surface area contributed by atoms with E-state index in [0.717, 1.165) is 41.4 Å². The summed E-state index contributed by atoms with van der Waals surface area (Å²) in [5.41, 5.74) is 3.65. The van der Waals surface area contributed by atoms with E-state index < -0.39 is 18.0 Å². The van der Waals surface area contributed by atoms with E-state index in [-0.39, 0.29) is 0 Å². The van der Waals surface area contributed by atoms with Gasteiger partial charge in [0.15, 0.2) is 6.10 Å². The normalized spacial score (nSPS) is 13.8. The first kappa shape index (κ1) is 18.4. The Morgan fingerprint density at radius 2 is 1.86 bits per heavy atom. The number of nitrogens with one attached hydrogen (secondary N) is 1. The first-order valence-corrected chi connectivity index (χ1v) is 9.59. The van der Waals surface area contributed by atoms with Gasteiger partial charge in [0.05, 0.1) is 21.8 Å². The molecular weight excluding hydrogens is 376 g/mol. The van der Waals surface area contributed by atoms with Gasteiger partial charge in [-0.3, -0.25) is 9.78 Å². The minimum Gasteiger partial charge on any atom is -0.449 e. The van der Waals surface area contributed by atoms with Crippen LogP contribution in [0.2, 0.25) is 5.02 Å². The third-order valence-electron chi connectivity index (χ3n) is 4.91. The number of fused-ring (bicyclic) bond motifs is 2. The molecule has 0 spiro atoms. The fourth-order valence-electron chi connectivity index (χ4n) is 3.51. The number of rotatable bonds is 4. The second-order valence-electron chi connectivity index (χ2n) is 6.80. The predicted molar refractivity (Wildman–Crippen MR) is 109 cm³/mol. The number of esters is 1. The number of amides is 1. The van der Waals surface area contributed by atoms with Gasteiger partial charge in [0.25, 0.3) is 5.91 Å². The summed E-state index contributed by atoms with van der Waals surface area (Å²) < 4.78 is 5.52. The molecule has 142 valence electrons. The number of halogens is 1. The van der Waals surface area contributed by atoms with E-state index >= 15 is 0 Å². The molecule has 1 aliphatic carbocycles. The molecule has 1 unspecified atom stereocenters. The summed E-state index contributed by atoms with van der Waals surface area (Å²) >= 11 is 6.07. The zero-order chi connectivity index (χ0) is 19.7. The number of benzene rings is 2. The van der Waals surface area contributed by atoms with E-state index in [1.54, 1.807) is 31.2 Å². The number of aromatic nitrogens is 1. The highest BCUT2D eigenvalue weighted by Crippen LogP contribution is 2.30. The highest BCUT2D eigenvalue weighted by molar-refractivity contribution is 6.33. The maximum Gasteiger partial charge on any atom is 0.339 e. The van der Waals surface area contributed by atoms with Crippen LogP contribution in [0, 0.1) is 0 Å². The number of hydrogen-bond donors (Lipinski definition) is 1. The van der Waals surface area contributed by atoms with Crippen molar-refractivity contribution in [1.82, 2.24) is 4.98 Å². The molecule has 0 bridgehead atoms. The molecular formula is C22H19ClN2O3. The molecule has 1 N–H and O–H groups in total. The van der Waals surface area contributed by atoms with Crippen LogP contribution in [-0.4, -0.2) is 23.0 Å². The van der Waals surface area contributed by atoms with Crippen LogP contribution in [0.5, 0.6) is 0 Å². The second-order valence-corrected chi connectivity index (χ2v) is 7.21. The standard InChI is InChI=1S/C22H19ClN2O3/c1-13(21(26)25-19-11-5-3-9-16(19)23)28-22(27)20-14-7-2-4-10-17(14)24-18-12-6-8-15(18)20/h2-5,7,9-11,13H,6,8,12H2,1H3,(H,25,26). The van der Waals surface area contributed by atoms with Gasteiger partial charge < -0.3 is 10.1 Å². The number of nitrogens with zero attached hydrogens (tertiary/aromatic N) is 1. The van der Waals surface area contributed by atoms with Crippen LogP contribution in [0.4, 0.5) is 5.69 Å². The van der Waals surface area contributed by atoms with Gasteiger partial charge in [-0.2, -0.15) is 0 Å². The first-order valence-electron chi connectivity index (χ1n) is 9.21. The number of pyridine rings is 1. The summed E-state index contributed by atoms with van der Waals surface area (Å²) in [5.74, 6) is -0.935. The molecule has 1 aliphatic rings. The quantitative estimate of drug-likeness (QED) is 0.658. The molecule has 2 aromatic carbocycles. The van der Waals surface area contributed by atoms with Crippen LogP contribution < -0.4 is 5.32 Å². The van der Waals surface area contributed by atoms with E-state index in [9.17, 15) is 9.59 Å². The van der Waals surface area contributed by atoms with Crippen LogP contribution >= 0.6 is 11.6 Å². The van der Waals surface area contributed by atoms with Gasteiger partial charge in [0.2, 0.25) is 0 Å². The monoisotopic (exact) mass is 394 g/mol. The average molecular weight is 395 g/mol. The van der Waals surface area contributed by atoms with Gasteiger partial charge in [0, 0.05) is 11.1 Å². The topological polar surface area (TPSA) is 68.3 Å². The largest absolute Gasteiger partial charge is 0.449 e. The molecule has 0 saturated carbocycles. The van der Waals surface area contributed by atoms with Crippen molar-refractivity contribution >= 4 is 40.1 Å². The molecule has 3 aromatic rings. The van der Waals surface area contributed by atoms with Gasteiger partial charge in [-0.15, -0.1) is 0 Å². The third kappa shape index (κ3) is 3.45. The number of para-hydroxylation sites is 2. The Morgan fingerprint density at radius 1 is 1.11 bits per heavy atom. The maximum atomic E-state index is 13.0. The molecule has 0 fully saturated rings. The van der Waals surface area contributed by atoms with Crippen LogP contribution in [-0.2, 0) is 22.4 Å². The molecule has 1 atom stereocenters. The lowest BCUT2D eigenvalue weighted by molar-refractivity contribution is -0.123. The zero-order valence-corrected chi connectivity index (χ0v) is 16.1. The lowest BCUT2D eigenvalue weighted by Crippen LogP contribution is -2.30. The smallest absolute Gasteiger partial charge is 0.339 e. The molecule has 1 amide bonds. The molecule has 28 heavy (non-hydrogen) atoms. The van der Waals surface area contributed by atoms with E-state index in [1.807, 2.05) is 24.3 Å². The summed E-state index contributed by atoms with van der Waals surface area (Å²) in [7, 11) is 0. The Hall–Kier alpha value is -2.92. The lowest BCUT2D eigenvalue weighted by atomic mass is 10.0. The molecule has 1 heterocycles. The first-order chi connectivity index (χ1) is 13.5. The number of anilines is 1. The van der Waals surface area contributed by atoms with E-state index in [1.165, 1.54) is 0 Å². The number of carbonyl (C=O) groups excluding carboxylic acids is 2. The molecule has 6 heteroatoms. The fourth-order valence-corrected chi connectivity index (χ4v) is 3.70. The molecule has 0 radical (unpaired) electrons. The Bertz CT molecular complexity index is 1080. The van der Waals surface area contributed by atoms with Crippen molar-refractivity contribution in [1.29, 1.82) is 0 Å². The molecule has 1 aromatic heterocycles. The highest BCUT2D eigenvalue weighted by Gasteiger charge is 2.27. The van der Waals surface area contributed by atoms with Crippen LogP contribution in [0.1, 0.15) is 35.0 Å². The number of ether oxygens (including phenoxy) is 1. The number of carbonyl (C=O) groups is 2. The van der Waals surface area contributed by atoms with Crippen LogP contribution in [0.15, 0.2) is 48.5 Å². The number of aryl methyl sites for hydroxylation is 1. The van der Waals surface area contributed by atoms with Crippen molar-refractivity contribution in [3.8, 4) is 0 Å². The summed E-state index contributed by atoms with van der Waals surface area (Å²) in [6.45, 7) is 1.55. The molecule has 0 saturated heterocycles. The lowest BCUT2D eigenvalue weighted by Gasteiger charge is -2.16. The van der Waals surface area contributed by atoms with Crippen molar-refractivity contribution < 1.29 is 14.3 Å². The van der Waals surface area contributed by atoms with Gasteiger partial charge in [-0.1, -0.05) is 41.9 Å². The minimum atomic E-state index is -0.965. The Balaban J connectivity index is 1.59. The van der Waals surface area contributed by atoms with Crippen molar-refractivity contribution in [2.45, 2.75) is 32.3 Å². The fraction of sp³-hybridized carbons (Fsp3) is 0.227. The predicted octanol–water partition coefficient (Wildman–Crippen LogP) is 4.56. The highest BCUT2D eigenvalue weighted by atomic mass is 35.5. The molecule has 4 rings (SSSR count). The molecule has 5 nitrogen and oxygen atoms in total. The van der Waals surface area contributed by atoms with E-state index in [0.29, 0.717) is 16.3 Å². The zero-order valence-electron chi connectivity index (χ0n) is 15.4. The second kappa shape index (κ2) is 7.60. The maximum absolute atomic E-state index is 13.0. The van der Waals surface area contributed by atoms with Crippen molar-refractivity contribution in [3.05, 3.63) is 70.4 Å². The van der Waals surface area contributed by atoms with Crippen molar-refractivity contribution in [2.75, 3.05) is 5.32 Å². The van der Waals surface area contributed by atoms with Crippen LogP contribution in [0.25, 0.3) is 10.9 Å². The van der Waals surface area contributed by atoms with Crippen LogP contribution in [0.3, 0.4) is 0 Å². The SMILES string of the molecule is CC(OC(=O)c1c2c(nc3ccccc13)CCC2)C(=O)Nc1ccccc1Cl. The van der Waals surface area contributed by atoms with Crippen molar-refractivity contribution in [2.24, 2.45) is 0 Å². The van der Waals surface area contributed by atoms with Gasteiger partial charge in [0.1, 0.15) is 0 Å². The number of hydrogen-bond acceptors (Lipinski definition) is 4. The Kier molecular flexibility index (Phi) is 5.01. The molecule has 0 aliphatic heterocycles.